The zero-order valence-corrected chi connectivity index (χ0v) is 15.7. The van der Waals surface area contributed by atoms with Crippen molar-refractivity contribution in [3.8, 4) is 0 Å². The van der Waals surface area contributed by atoms with Crippen LogP contribution in [-0.4, -0.2) is 66.0 Å². The molecule has 1 unspecified atom stereocenters. The molecule has 0 aromatic heterocycles. The van der Waals surface area contributed by atoms with Crippen molar-refractivity contribution < 1.29 is 29.3 Å². The molecule has 1 atom stereocenters. The van der Waals surface area contributed by atoms with Crippen molar-refractivity contribution in [1.82, 2.24) is 4.90 Å². The Kier molecular flexibility index (Phi) is 6.05. The standard InChI is InChI=1S/C19H23N3O6/c1-13(23)16-17(14-5-2-3-6-15(14)22(26)27)21(19(25)18(16)24)8-4-7-20-9-11-28-12-10-20/h2-3,5-6,17,24H,4,7-12H2,1H3/p+1. The number of nitro groups is 1. The van der Waals surface area contributed by atoms with Crippen molar-refractivity contribution in [3.05, 3.63) is 51.3 Å². The molecule has 2 aliphatic rings. The lowest BCUT2D eigenvalue weighted by Crippen LogP contribution is -3.14. The molecule has 2 N–H and O–H groups in total. The van der Waals surface area contributed by atoms with Gasteiger partial charge in [0.1, 0.15) is 13.1 Å². The smallest absolute Gasteiger partial charge is 0.290 e. The molecular weight excluding hydrogens is 366 g/mol. The highest BCUT2D eigenvalue weighted by Gasteiger charge is 2.44. The lowest BCUT2D eigenvalue weighted by Gasteiger charge is -2.28. The van der Waals surface area contributed by atoms with Crippen LogP contribution in [0.4, 0.5) is 5.69 Å². The van der Waals surface area contributed by atoms with Crippen molar-refractivity contribution in [1.29, 1.82) is 0 Å². The van der Waals surface area contributed by atoms with Gasteiger partial charge in [0.15, 0.2) is 11.5 Å². The van der Waals surface area contributed by atoms with Gasteiger partial charge in [0.25, 0.3) is 11.6 Å². The number of ether oxygens (including phenoxy) is 1. The Bertz CT molecular complexity index is 816. The average Bonchev–Trinajstić information content (AvgIpc) is 2.94. The Morgan fingerprint density at radius 3 is 2.68 bits per heavy atom. The maximum atomic E-state index is 12.6. The van der Waals surface area contributed by atoms with Gasteiger partial charge in [0.2, 0.25) is 0 Å². The average molecular weight is 390 g/mol. The lowest BCUT2D eigenvalue weighted by molar-refractivity contribution is -0.908. The number of ketones is 1. The summed E-state index contributed by atoms with van der Waals surface area (Å²) in [5, 5.41) is 21.8. The number of nitrogens with zero attached hydrogens (tertiary/aromatic N) is 2. The van der Waals surface area contributed by atoms with Crippen LogP contribution >= 0.6 is 0 Å². The highest BCUT2D eigenvalue weighted by atomic mass is 16.6. The van der Waals surface area contributed by atoms with Crippen LogP contribution in [-0.2, 0) is 14.3 Å². The van der Waals surface area contributed by atoms with Crippen LogP contribution in [0.25, 0.3) is 0 Å². The van der Waals surface area contributed by atoms with Crippen molar-refractivity contribution in [2.75, 3.05) is 39.4 Å². The highest BCUT2D eigenvalue weighted by Crippen LogP contribution is 2.41. The Labute approximate surface area is 162 Å². The quantitative estimate of drug-likeness (QED) is 0.507. The van der Waals surface area contributed by atoms with Gasteiger partial charge in [-0.3, -0.25) is 19.7 Å². The summed E-state index contributed by atoms with van der Waals surface area (Å²) in [4.78, 5) is 38.4. The van der Waals surface area contributed by atoms with Gasteiger partial charge < -0.3 is 19.6 Å². The van der Waals surface area contributed by atoms with Gasteiger partial charge in [-0.05, 0) is 13.0 Å². The fourth-order valence-electron chi connectivity index (χ4n) is 3.86. The fourth-order valence-corrected chi connectivity index (χ4v) is 3.86. The molecule has 0 aliphatic carbocycles. The molecule has 1 aromatic rings. The molecule has 0 saturated carbocycles. The zero-order valence-electron chi connectivity index (χ0n) is 15.7. The molecule has 1 saturated heterocycles. The third kappa shape index (κ3) is 3.90. The van der Waals surface area contributed by atoms with Crippen LogP contribution in [0.2, 0.25) is 0 Å². The maximum absolute atomic E-state index is 12.6. The molecular formula is C19H24N3O6+. The number of Topliss-reactive ketones (excluding diaryl/α,β-unsaturated/α-hetero) is 1. The molecule has 1 amide bonds. The summed E-state index contributed by atoms with van der Waals surface area (Å²) in [6.45, 7) is 5.55. The molecule has 28 heavy (non-hydrogen) atoms. The van der Waals surface area contributed by atoms with Crippen LogP contribution in [0, 0.1) is 10.1 Å². The van der Waals surface area contributed by atoms with E-state index in [2.05, 4.69) is 0 Å². The van der Waals surface area contributed by atoms with E-state index in [4.69, 9.17) is 4.74 Å². The molecule has 1 fully saturated rings. The first kappa shape index (κ1) is 20.0. The maximum Gasteiger partial charge on any atom is 0.290 e. The van der Waals surface area contributed by atoms with Crippen molar-refractivity contribution >= 4 is 17.4 Å². The first-order chi connectivity index (χ1) is 13.4. The summed E-state index contributed by atoms with van der Waals surface area (Å²) in [5.74, 6) is -1.75. The number of hydrogen-bond acceptors (Lipinski definition) is 6. The number of rotatable bonds is 7. The Hall–Kier alpha value is -2.78. The van der Waals surface area contributed by atoms with Gasteiger partial charge in [-0.2, -0.15) is 0 Å². The number of quaternary nitrogens is 1. The van der Waals surface area contributed by atoms with E-state index in [1.807, 2.05) is 0 Å². The molecule has 0 radical (unpaired) electrons. The minimum absolute atomic E-state index is 0.0852. The topological polar surface area (TPSA) is 114 Å². The van der Waals surface area contributed by atoms with Crippen molar-refractivity contribution in [3.63, 3.8) is 0 Å². The normalized spacial score (nSPS) is 20.7. The van der Waals surface area contributed by atoms with Gasteiger partial charge in [-0.15, -0.1) is 0 Å². The van der Waals surface area contributed by atoms with Gasteiger partial charge in [-0.25, -0.2) is 0 Å². The van der Waals surface area contributed by atoms with E-state index in [0.717, 1.165) is 19.6 Å². The number of morpholine rings is 1. The summed E-state index contributed by atoms with van der Waals surface area (Å²) in [6, 6.07) is 5.06. The van der Waals surface area contributed by atoms with Crippen molar-refractivity contribution in [2.24, 2.45) is 0 Å². The Morgan fingerprint density at radius 1 is 1.36 bits per heavy atom. The molecule has 150 valence electrons. The number of carbonyl (C=O) groups excluding carboxylic acids is 2. The summed E-state index contributed by atoms with van der Waals surface area (Å²) in [5.41, 5.74) is -0.0376. The van der Waals surface area contributed by atoms with Gasteiger partial charge in [0.05, 0.1) is 41.9 Å². The highest BCUT2D eigenvalue weighted by molar-refractivity contribution is 6.08. The predicted octanol–water partition coefficient (Wildman–Crippen LogP) is 0.184. The number of nitrogens with one attached hydrogen (secondary N) is 1. The summed E-state index contributed by atoms with van der Waals surface area (Å²) in [7, 11) is 0. The number of nitro benzene ring substituents is 1. The summed E-state index contributed by atoms with van der Waals surface area (Å²) in [6.07, 6.45) is 0.649. The number of benzene rings is 1. The number of amides is 1. The molecule has 2 heterocycles. The van der Waals surface area contributed by atoms with E-state index >= 15 is 0 Å². The monoisotopic (exact) mass is 390 g/mol. The minimum Gasteiger partial charge on any atom is -0.503 e. The molecule has 2 aliphatic heterocycles. The number of aliphatic hydroxyl groups excluding tert-OH is 1. The van der Waals surface area contributed by atoms with Crippen molar-refractivity contribution in [2.45, 2.75) is 19.4 Å². The Balaban J connectivity index is 1.87. The van der Waals surface area contributed by atoms with Crippen LogP contribution in [0.5, 0.6) is 0 Å². The van der Waals surface area contributed by atoms with E-state index in [1.165, 1.54) is 34.9 Å². The third-order valence-corrected chi connectivity index (χ3v) is 5.24. The van der Waals surface area contributed by atoms with E-state index in [0.29, 0.717) is 26.2 Å². The molecule has 0 bridgehead atoms. The largest absolute Gasteiger partial charge is 0.503 e. The second kappa shape index (κ2) is 8.49. The molecule has 3 rings (SSSR count). The fraction of sp³-hybridized carbons (Fsp3) is 0.474. The second-order valence-electron chi connectivity index (χ2n) is 7.00. The molecule has 0 spiro atoms. The second-order valence-corrected chi connectivity index (χ2v) is 7.00. The third-order valence-electron chi connectivity index (χ3n) is 5.24. The van der Waals surface area contributed by atoms with E-state index in [1.54, 1.807) is 6.07 Å². The van der Waals surface area contributed by atoms with Gasteiger partial charge in [0, 0.05) is 19.0 Å². The van der Waals surface area contributed by atoms with Crippen LogP contribution in [0.1, 0.15) is 24.9 Å². The van der Waals surface area contributed by atoms with E-state index < -0.39 is 28.4 Å². The molecule has 1 aromatic carbocycles. The van der Waals surface area contributed by atoms with Crippen LogP contribution < -0.4 is 4.90 Å². The van der Waals surface area contributed by atoms with Gasteiger partial charge >= 0.3 is 0 Å². The van der Waals surface area contributed by atoms with E-state index in [-0.39, 0.29) is 16.8 Å². The van der Waals surface area contributed by atoms with E-state index in [9.17, 15) is 24.8 Å². The number of hydrogen-bond donors (Lipinski definition) is 2. The SMILES string of the molecule is CC(=O)C1=C(O)C(=O)N(CCC[NH+]2CCOCC2)C1c1ccccc1[N+](=O)[O-]. The first-order valence-electron chi connectivity index (χ1n) is 9.31. The lowest BCUT2D eigenvalue weighted by atomic mass is 9.95. The molecule has 9 nitrogen and oxygen atoms in total. The number of aliphatic hydroxyl groups is 1. The number of para-hydroxylation sites is 1. The first-order valence-corrected chi connectivity index (χ1v) is 9.31. The zero-order chi connectivity index (χ0) is 20.3. The van der Waals surface area contributed by atoms with Crippen LogP contribution in [0.15, 0.2) is 35.6 Å². The predicted molar refractivity (Wildman–Crippen MR) is 98.9 cm³/mol. The summed E-state index contributed by atoms with van der Waals surface area (Å²) < 4.78 is 5.34. The van der Waals surface area contributed by atoms with Crippen LogP contribution in [0.3, 0.4) is 0 Å². The van der Waals surface area contributed by atoms with Gasteiger partial charge in [-0.1, -0.05) is 12.1 Å². The Morgan fingerprint density at radius 2 is 2.04 bits per heavy atom. The minimum atomic E-state index is -0.953. The molecule has 9 heteroatoms. The summed E-state index contributed by atoms with van der Waals surface area (Å²) >= 11 is 0. The number of carbonyl (C=O) groups is 2.